The van der Waals surface area contributed by atoms with E-state index in [9.17, 15) is 28.1 Å². The number of fused-ring (bicyclic) bond motifs is 3. The lowest BCUT2D eigenvalue weighted by atomic mass is 9.84. The Balaban J connectivity index is 1.74. The number of anilines is 2. The number of para-hydroxylation sites is 1. The van der Waals surface area contributed by atoms with Crippen LogP contribution >= 0.6 is 0 Å². The second-order valence-corrected chi connectivity index (χ2v) is 7.98. The molecule has 2 aromatic heterocycles. The standard InChI is InChI=1S/C22H16F3N5O4/c1-11-16(19-26-21(34-27-19)22(23,24)25)20(31)29(12-7-9-13(10-8-12)30(32)33)18-14-5-3-4-6-15(14)28(2)17(11)18/h3-11,16H,1-2H3. The van der Waals surface area contributed by atoms with Gasteiger partial charge in [-0.3, -0.25) is 19.8 Å². The number of alkyl halides is 3. The monoisotopic (exact) mass is 471 g/mol. The summed E-state index contributed by atoms with van der Waals surface area (Å²) in [5.41, 5.74) is 2.21. The molecule has 3 heterocycles. The molecule has 0 saturated carbocycles. The predicted octanol–water partition coefficient (Wildman–Crippen LogP) is 5.05. The number of nitro groups is 1. The molecule has 2 atom stereocenters. The van der Waals surface area contributed by atoms with Gasteiger partial charge in [0.2, 0.25) is 5.91 Å². The van der Waals surface area contributed by atoms with Crippen molar-refractivity contribution >= 4 is 33.9 Å². The molecule has 0 radical (unpaired) electrons. The highest BCUT2D eigenvalue weighted by atomic mass is 19.4. The third-order valence-corrected chi connectivity index (χ3v) is 6.05. The van der Waals surface area contributed by atoms with Crippen molar-refractivity contribution in [2.24, 2.45) is 7.05 Å². The summed E-state index contributed by atoms with van der Waals surface area (Å²) in [4.78, 5) is 29.2. The van der Waals surface area contributed by atoms with E-state index < -0.39 is 34.7 Å². The van der Waals surface area contributed by atoms with E-state index in [1.54, 1.807) is 14.0 Å². The first-order valence-electron chi connectivity index (χ1n) is 10.2. The summed E-state index contributed by atoms with van der Waals surface area (Å²) >= 11 is 0. The zero-order valence-corrected chi connectivity index (χ0v) is 17.8. The average Bonchev–Trinajstić information content (AvgIpc) is 3.39. The van der Waals surface area contributed by atoms with Crippen LogP contribution in [0.2, 0.25) is 0 Å². The van der Waals surface area contributed by atoms with Crippen molar-refractivity contribution in [1.29, 1.82) is 0 Å². The molecule has 174 valence electrons. The van der Waals surface area contributed by atoms with Crippen molar-refractivity contribution in [2.75, 3.05) is 4.90 Å². The minimum absolute atomic E-state index is 0.163. The molecule has 5 rings (SSSR count). The number of carbonyl (C=O) groups excluding carboxylic acids is 1. The van der Waals surface area contributed by atoms with Crippen LogP contribution in [0.3, 0.4) is 0 Å². The number of aryl methyl sites for hydroxylation is 1. The summed E-state index contributed by atoms with van der Waals surface area (Å²) < 4.78 is 45.6. The van der Waals surface area contributed by atoms with Crippen LogP contribution in [0, 0.1) is 10.1 Å². The van der Waals surface area contributed by atoms with Gasteiger partial charge in [0.05, 0.1) is 16.1 Å². The second kappa shape index (κ2) is 7.40. The third kappa shape index (κ3) is 3.13. The maximum absolute atomic E-state index is 13.8. The third-order valence-electron chi connectivity index (χ3n) is 6.05. The number of nitro benzene ring substituents is 1. The fourth-order valence-electron chi connectivity index (χ4n) is 4.56. The van der Waals surface area contributed by atoms with Gasteiger partial charge in [0.1, 0.15) is 5.92 Å². The van der Waals surface area contributed by atoms with Gasteiger partial charge in [-0.25, -0.2) is 0 Å². The molecule has 0 aliphatic carbocycles. The van der Waals surface area contributed by atoms with E-state index in [1.165, 1.54) is 29.2 Å². The van der Waals surface area contributed by atoms with Crippen molar-refractivity contribution in [1.82, 2.24) is 14.7 Å². The first-order valence-corrected chi connectivity index (χ1v) is 10.2. The van der Waals surface area contributed by atoms with Crippen LogP contribution in [0.15, 0.2) is 53.1 Å². The van der Waals surface area contributed by atoms with Crippen LogP contribution in [0.4, 0.5) is 30.2 Å². The second-order valence-electron chi connectivity index (χ2n) is 7.98. The van der Waals surface area contributed by atoms with Crippen LogP contribution < -0.4 is 4.90 Å². The van der Waals surface area contributed by atoms with E-state index in [2.05, 4.69) is 14.7 Å². The van der Waals surface area contributed by atoms with Crippen molar-refractivity contribution in [2.45, 2.75) is 24.9 Å². The molecular weight excluding hydrogens is 455 g/mol. The fourth-order valence-corrected chi connectivity index (χ4v) is 4.56. The number of nitrogens with zero attached hydrogens (tertiary/aromatic N) is 5. The van der Waals surface area contributed by atoms with Gasteiger partial charge in [-0.05, 0) is 18.2 Å². The molecule has 34 heavy (non-hydrogen) atoms. The summed E-state index contributed by atoms with van der Waals surface area (Å²) in [6.07, 6.45) is -4.85. The number of amides is 1. The zero-order valence-electron chi connectivity index (χ0n) is 17.8. The molecule has 1 aliphatic rings. The molecule has 0 N–H and O–H groups in total. The zero-order chi connectivity index (χ0) is 24.4. The van der Waals surface area contributed by atoms with Crippen LogP contribution in [-0.2, 0) is 18.0 Å². The van der Waals surface area contributed by atoms with E-state index >= 15 is 0 Å². The molecule has 0 fully saturated rings. The molecule has 0 bridgehead atoms. The Morgan fingerprint density at radius 2 is 1.79 bits per heavy atom. The van der Waals surface area contributed by atoms with Crippen LogP contribution in [0.25, 0.3) is 10.9 Å². The molecular formula is C22H16F3N5O4. The first kappa shape index (κ1) is 21.6. The highest BCUT2D eigenvalue weighted by Gasteiger charge is 2.47. The van der Waals surface area contributed by atoms with Gasteiger partial charge in [-0.2, -0.15) is 18.2 Å². The summed E-state index contributed by atoms with van der Waals surface area (Å²) in [7, 11) is 1.80. The molecule has 4 aromatic rings. The van der Waals surface area contributed by atoms with E-state index in [0.29, 0.717) is 17.1 Å². The van der Waals surface area contributed by atoms with Gasteiger partial charge in [-0.15, -0.1) is 0 Å². The Hall–Kier alpha value is -4.22. The Kier molecular flexibility index (Phi) is 4.71. The van der Waals surface area contributed by atoms with Crippen LogP contribution in [-0.4, -0.2) is 25.5 Å². The number of halogens is 3. The highest BCUT2D eigenvalue weighted by Crippen LogP contribution is 2.50. The largest absolute Gasteiger partial charge is 0.471 e. The number of hydrogen-bond donors (Lipinski definition) is 0. The van der Waals surface area contributed by atoms with Crippen LogP contribution in [0.1, 0.15) is 36.2 Å². The summed E-state index contributed by atoms with van der Waals surface area (Å²) in [6, 6.07) is 12.7. The van der Waals surface area contributed by atoms with Crippen LogP contribution in [0.5, 0.6) is 0 Å². The van der Waals surface area contributed by atoms with Gasteiger partial charge < -0.3 is 9.09 Å². The minimum Gasteiger partial charge on any atom is -0.345 e. The maximum Gasteiger partial charge on any atom is 0.471 e. The Labute approximate surface area is 189 Å². The van der Waals surface area contributed by atoms with Gasteiger partial charge >= 0.3 is 12.1 Å². The summed E-state index contributed by atoms with van der Waals surface area (Å²) in [5, 5.41) is 15.3. The van der Waals surface area contributed by atoms with Gasteiger partial charge in [0, 0.05) is 41.9 Å². The van der Waals surface area contributed by atoms with Crippen molar-refractivity contribution in [3.8, 4) is 0 Å². The van der Waals surface area contributed by atoms with E-state index in [-0.39, 0.29) is 11.5 Å². The lowest BCUT2D eigenvalue weighted by Crippen LogP contribution is -2.39. The Bertz CT molecular complexity index is 1440. The normalized spacial score (nSPS) is 18.4. The molecule has 2 unspecified atom stereocenters. The Morgan fingerprint density at radius 3 is 2.41 bits per heavy atom. The minimum atomic E-state index is -4.85. The molecule has 1 aliphatic heterocycles. The summed E-state index contributed by atoms with van der Waals surface area (Å²) in [6.45, 7) is 1.72. The lowest BCUT2D eigenvalue weighted by molar-refractivity contribution is -0.384. The number of carbonyl (C=O) groups is 1. The lowest BCUT2D eigenvalue weighted by Gasteiger charge is -2.36. The van der Waals surface area contributed by atoms with Gasteiger partial charge in [-0.1, -0.05) is 30.3 Å². The van der Waals surface area contributed by atoms with E-state index in [1.807, 2.05) is 28.8 Å². The topological polar surface area (TPSA) is 107 Å². The van der Waals surface area contributed by atoms with Gasteiger partial charge in [0.25, 0.3) is 5.69 Å². The number of hydrogen-bond acceptors (Lipinski definition) is 6. The first-order chi connectivity index (χ1) is 16.1. The Morgan fingerprint density at radius 1 is 1.12 bits per heavy atom. The molecule has 0 saturated heterocycles. The SMILES string of the molecule is CC1c2c(c3ccccc3n2C)N(c2ccc([N+](=O)[O-])cc2)C(=O)C1c1noc(C(F)(F)F)n1. The summed E-state index contributed by atoms with van der Waals surface area (Å²) in [5.74, 6) is -4.25. The smallest absolute Gasteiger partial charge is 0.345 e. The van der Waals surface area contributed by atoms with E-state index in [4.69, 9.17) is 0 Å². The molecule has 2 aromatic carbocycles. The fraction of sp³-hybridized carbons (Fsp3) is 0.227. The van der Waals surface area contributed by atoms with Crippen molar-refractivity contribution < 1.29 is 27.4 Å². The predicted molar refractivity (Wildman–Crippen MR) is 114 cm³/mol. The number of benzene rings is 2. The number of aromatic nitrogens is 3. The molecule has 12 heteroatoms. The highest BCUT2D eigenvalue weighted by molar-refractivity contribution is 6.14. The van der Waals surface area contributed by atoms with E-state index in [0.717, 1.165) is 10.9 Å². The average molecular weight is 471 g/mol. The van der Waals surface area contributed by atoms with Crippen molar-refractivity contribution in [3.63, 3.8) is 0 Å². The molecule has 1 amide bonds. The van der Waals surface area contributed by atoms with Gasteiger partial charge in [0.15, 0.2) is 5.82 Å². The number of rotatable bonds is 3. The quantitative estimate of drug-likeness (QED) is 0.306. The molecule has 9 nitrogen and oxygen atoms in total. The molecule has 0 spiro atoms. The van der Waals surface area contributed by atoms with Crippen molar-refractivity contribution in [3.05, 3.63) is 76.1 Å². The number of non-ortho nitro benzene ring substituents is 1. The maximum atomic E-state index is 13.8.